The third-order valence-electron chi connectivity index (χ3n) is 2.56. The smallest absolute Gasteiger partial charge is 0.348 e. The lowest BCUT2D eigenvalue weighted by molar-refractivity contribution is -0.119. The van der Waals surface area contributed by atoms with Crippen LogP contribution in [0.25, 0.3) is 0 Å². The van der Waals surface area contributed by atoms with E-state index < -0.39 is 11.9 Å². The predicted molar refractivity (Wildman–Crippen MR) is 84.4 cm³/mol. The molecule has 1 N–H and O–H groups in total. The number of rotatable bonds is 4. The van der Waals surface area contributed by atoms with Gasteiger partial charge in [-0.1, -0.05) is 29.3 Å². The van der Waals surface area contributed by atoms with Gasteiger partial charge >= 0.3 is 5.97 Å². The predicted octanol–water partition coefficient (Wildman–Crippen LogP) is 4.16. The topological polar surface area (TPSA) is 55.4 Å². The van der Waals surface area contributed by atoms with Gasteiger partial charge in [-0.25, -0.2) is 4.79 Å². The molecule has 0 aliphatic carbocycles. The lowest BCUT2D eigenvalue weighted by atomic mass is 10.2. The Morgan fingerprint density at radius 1 is 1.24 bits per heavy atom. The minimum Gasteiger partial charge on any atom is -0.451 e. The monoisotopic (exact) mass is 343 g/mol. The van der Waals surface area contributed by atoms with Crippen LogP contribution < -0.4 is 5.32 Å². The van der Waals surface area contributed by atoms with E-state index in [-0.39, 0.29) is 6.61 Å². The van der Waals surface area contributed by atoms with Crippen LogP contribution >= 0.6 is 34.5 Å². The Labute approximate surface area is 135 Å². The van der Waals surface area contributed by atoms with Crippen LogP contribution in [0.1, 0.15) is 15.2 Å². The standard InChI is InChI=1S/C14H11Cl2NO3S/c1-8-2-3-9(6-10(8)15)17-13(18)7-20-14(19)11-4-5-12(16)21-11/h2-6H,7H2,1H3,(H,17,18). The molecular weight excluding hydrogens is 333 g/mol. The number of carbonyl (C=O) groups is 2. The number of esters is 1. The third kappa shape index (κ3) is 4.46. The quantitative estimate of drug-likeness (QED) is 0.848. The Kier molecular flexibility index (Phi) is 5.22. The van der Waals surface area contributed by atoms with Gasteiger partial charge in [-0.05, 0) is 36.8 Å². The van der Waals surface area contributed by atoms with Crippen molar-refractivity contribution in [3.05, 3.63) is 50.1 Å². The summed E-state index contributed by atoms with van der Waals surface area (Å²) in [5.41, 5.74) is 1.46. The molecule has 0 saturated heterocycles. The third-order valence-corrected chi connectivity index (χ3v) is 4.18. The van der Waals surface area contributed by atoms with Gasteiger partial charge in [0, 0.05) is 10.7 Å². The van der Waals surface area contributed by atoms with Crippen LogP contribution in [0.15, 0.2) is 30.3 Å². The Bertz CT molecular complexity index is 685. The molecule has 110 valence electrons. The average molecular weight is 344 g/mol. The van der Waals surface area contributed by atoms with E-state index in [4.69, 9.17) is 27.9 Å². The molecule has 0 aliphatic heterocycles. The number of ether oxygens (including phenoxy) is 1. The largest absolute Gasteiger partial charge is 0.451 e. The number of hydrogen-bond donors (Lipinski definition) is 1. The van der Waals surface area contributed by atoms with Gasteiger partial charge in [0.2, 0.25) is 0 Å². The minimum atomic E-state index is -0.580. The maximum atomic E-state index is 11.7. The zero-order valence-electron chi connectivity index (χ0n) is 11.0. The molecule has 0 aliphatic rings. The number of carbonyl (C=O) groups excluding carboxylic acids is 2. The number of thiophene rings is 1. The van der Waals surface area contributed by atoms with Crippen LogP contribution in [-0.2, 0) is 9.53 Å². The summed E-state index contributed by atoms with van der Waals surface area (Å²) >= 11 is 12.8. The van der Waals surface area contributed by atoms with Gasteiger partial charge in [0.15, 0.2) is 6.61 Å². The first-order valence-corrected chi connectivity index (χ1v) is 7.51. The fourth-order valence-electron chi connectivity index (χ4n) is 1.49. The lowest BCUT2D eigenvalue weighted by Crippen LogP contribution is -2.20. The van der Waals surface area contributed by atoms with Gasteiger partial charge in [-0.15, -0.1) is 11.3 Å². The molecule has 0 atom stereocenters. The summed E-state index contributed by atoms with van der Waals surface area (Å²) in [6.07, 6.45) is 0. The van der Waals surface area contributed by atoms with Crippen LogP contribution in [0.3, 0.4) is 0 Å². The van der Waals surface area contributed by atoms with Crippen molar-refractivity contribution in [1.29, 1.82) is 0 Å². The first kappa shape index (κ1) is 15.8. The molecule has 1 heterocycles. The van der Waals surface area contributed by atoms with Crippen molar-refractivity contribution in [3.8, 4) is 0 Å². The van der Waals surface area contributed by atoms with Gasteiger partial charge in [0.25, 0.3) is 5.91 Å². The fraction of sp³-hybridized carbons (Fsp3) is 0.143. The van der Waals surface area contributed by atoms with Crippen molar-refractivity contribution >= 4 is 52.1 Å². The maximum absolute atomic E-state index is 11.7. The van der Waals surface area contributed by atoms with Crippen LogP contribution in [0.2, 0.25) is 9.36 Å². The zero-order chi connectivity index (χ0) is 15.4. The number of halogens is 2. The summed E-state index contributed by atoms with van der Waals surface area (Å²) in [5, 5.41) is 3.15. The van der Waals surface area contributed by atoms with E-state index in [1.54, 1.807) is 30.3 Å². The zero-order valence-corrected chi connectivity index (χ0v) is 13.3. The van der Waals surface area contributed by atoms with Crippen molar-refractivity contribution in [2.45, 2.75) is 6.92 Å². The maximum Gasteiger partial charge on any atom is 0.348 e. The summed E-state index contributed by atoms with van der Waals surface area (Å²) in [7, 11) is 0. The number of hydrogen-bond acceptors (Lipinski definition) is 4. The van der Waals surface area contributed by atoms with Crippen molar-refractivity contribution in [2.75, 3.05) is 11.9 Å². The fourth-order valence-corrected chi connectivity index (χ4v) is 2.61. The first-order chi connectivity index (χ1) is 9.95. The van der Waals surface area contributed by atoms with E-state index in [9.17, 15) is 9.59 Å². The van der Waals surface area contributed by atoms with Gasteiger partial charge in [0.05, 0.1) is 4.34 Å². The molecule has 2 aromatic rings. The highest BCUT2D eigenvalue weighted by molar-refractivity contribution is 7.17. The molecule has 0 spiro atoms. The second-order valence-electron chi connectivity index (χ2n) is 4.19. The number of nitrogens with one attached hydrogen (secondary N) is 1. The van der Waals surface area contributed by atoms with E-state index in [1.807, 2.05) is 6.92 Å². The SMILES string of the molecule is Cc1ccc(NC(=O)COC(=O)c2ccc(Cl)s2)cc1Cl. The van der Waals surface area contributed by atoms with Gasteiger partial charge < -0.3 is 10.1 Å². The van der Waals surface area contributed by atoms with Gasteiger partial charge in [0.1, 0.15) is 4.88 Å². The highest BCUT2D eigenvalue weighted by atomic mass is 35.5. The average Bonchev–Trinajstić information content (AvgIpc) is 2.87. The number of benzene rings is 1. The molecule has 0 bridgehead atoms. The molecule has 1 aromatic carbocycles. The van der Waals surface area contributed by atoms with Crippen LogP contribution in [0, 0.1) is 6.92 Å². The van der Waals surface area contributed by atoms with E-state index >= 15 is 0 Å². The molecule has 4 nitrogen and oxygen atoms in total. The van der Waals surface area contributed by atoms with Crippen molar-refractivity contribution in [1.82, 2.24) is 0 Å². The Balaban J connectivity index is 1.87. The van der Waals surface area contributed by atoms with Crippen LogP contribution in [0.4, 0.5) is 5.69 Å². The number of anilines is 1. The summed E-state index contributed by atoms with van der Waals surface area (Å²) in [5.74, 6) is -1.02. The summed E-state index contributed by atoms with van der Waals surface area (Å²) < 4.78 is 5.38. The van der Waals surface area contributed by atoms with Crippen molar-refractivity contribution in [3.63, 3.8) is 0 Å². The molecule has 0 unspecified atom stereocenters. The lowest BCUT2D eigenvalue weighted by Gasteiger charge is -2.07. The van der Waals surface area contributed by atoms with Crippen LogP contribution in [0.5, 0.6) is 0 Å². The van der Waals surface area contributed by atoms with Gasteiger partial charge in [-0.3, -0.25) is 4.79 Å². The van der Waals surface area contributed by atoms with Crippen LogP contribution in [-0.4, -0.2) is 18.5 Å². The second-order valence-corrected chi connectivity index (χ2v) is 6.31. The Morgan fingerprint density at radius 3 is 2.62 bits per heavy atom. The molecule has 21 heavy (non-hydrogen) atoms. The van der Waals surface area contributed by atoms with Crippen molar-refractivity contribution < 1.29 is 14.3 Å². The van der Waals surface area contributed by atoms with E-state index in [0.29, 0.717) is 19.9 Å². The molecule has 0 radical (unpaired) electrons. The van der Waals surface area contributed by atoms with E-state index in [2.05, 4.69) is 5.32 Å². The number of aryl methyl sites for hydroxylation is 1. The summed E-state index contributed by atoms with van der Waals surface area (Å²) in [6, 6.07) is 8.29. The minimum absolute atomic E-state index is 0.353. The van der Waals surface area contributed by atoms with Crippen molar-refractivity contribution in [2.24, 2.45) is 0 Å². The highest BCUT2D eigenvalue weighted by Gasteiger charge is 2.12. The normalized spacial score (nSPS) is 10.2. The van der Waals surface area contributed by atoms with Gasteiger partial charge in [-0.2, -0.15) is 0 Å². The molecule has 7 heteroatoms. The van der Waals surface area contributed by atoms with E-state index in [0.717, 1.165) is 16.9 Å². The number of amides is 1. The Morgan fingerprint density at radius 2 is 2.00 bits per heavy atom. The molecule has 2 rings (SSSR count). The highest BCUT2D eigenvalue weighted by Crippen LogP contribution is 2.22. The molecule has 1 aromatic heterocycles. The molecular formula is C14H11Cl2NO3S. The summed E-state index contributed by atoms with van der Waals surface area (Å²) in [6.45, 7) is 1.49. The molecule has 1 amide bonds. The van der Waals surface area contributed by atoms with E-state index in [1.165, 1.54) is 0 Å². The summed E-state index contributed by atoms with van der Waals surface area (Å²) in [4.78, 5) is 23.7. The molecule has 0 fully saturated rings. The Hall–Kier alpha value is -1.56. The second kappa shape index (κ2) is 6.93. The first-order valence-electron chi connectivity index (χ1n) is 5.94. The molecule has 0 saturated carbocycles.